The molecule has 1 aromatic heterocycles. The van der Waals surface area contributed by atoms with E-state index in [9.17, 15) is 4.57 Å². The van der Waals surface area contributed by atoms with Crippen LogP contribution in [0.1, 0.15) is 13.8 Å². The zero-order valence-corrected chi connectivity index (χ0v) is 9.76. The van der Waals surface area contributed by atoms with Crippen LogP contribution in [0.5, 0.6) is 0 Å². The monoisotopic (exact) mass is 233 g/mol. The Bertz CT molecular complexity index is 244. The molecule has 86 valence electrons. The molecule has 0 fully saturated rings. The van der Waals surface area contributed by atoms with E-state index in [1.54, 1.807) is 26.2 Å². The number of phosphoric ester groups is 1. The fraction of sp³-hybridized carbons (Fsp3) is 0.444. The third-order valence-electron chi connectivity index (χ3n) is 1.15. The Labute approximate surface area is 89.7 Å². The van der Waals surface area contributed by atoms with E-state index in [-0.39, 0.29) is 13.2 Å². The lowest BCUT2D eigenvalue weighted by atomic mass is 10.5. The van der Waals surface area contributed by atoms with E-state index < -0.39 is 7.82 Å². The van der Waals surface area contributed by atoms with Crippen LogP contribution < -0.4 is 0 Å². The van der Waals surface area contributed by atoms with Crippen LogP contribution in [0.15, 0.2) is 30.6 Å². The molecule has 0 atom stereocenters. The van der Waals surface area contributed by atoms with Crippen LogP contribution in [0.4, 0.5) is 0 Å². The largest absolute Gasteiger partial charge is 0.472 e. The van der Waals surface area contributed by atoms with Gasteiger partial charge in [-0.25, -0.2) is 4.57 Å². The minimum absolute atomic E-state index is 0.188. The van der Waals surface area contributed by atoms with Crippen molar-refractivity contribution in [3.63, 3.8) is 0 Å². The molecule has 0 aliphatic heterocycles. The SMILES string of the molecule is CCOP(=O)(O)OCC.c1ccncc1. The van der Waals surface area contributed by atoms with Gasteiger partial charge in [-0.15, -0.1) is 0 Å². The summed E-state index contributed by atoms with van der Waals surface area (Å²) in [5, 5.41) is 0. The molecule has 0 radical (unpaired) electrons. The molecule has 0 aromatic carbocycles. The number of aromatic nitrogens is 1. The molecular weight excluding hydrogens is 217 g/mol. The van der Waals surface area contributed by atoms with E-state index in [4.69, 9.17) is 4.89 Å². The van der Waals surface area contributed by atoms with Crippen molar-refractivity contribution in [2.24, 2.45) is 0 Å². The molecule has 6 heteroatoms. The summed E-state index contributed by atoms with van der Waals surface area (Å²) < 4.78 is 19.2. The van der Waals surface area contributed by atoms with Crippen LogP contribution in [0, 0.1) is 0 Å². The summed E-state index contributed by atoms with van der Waals surface area (Å²) in [5.41, 5.74) is 0. The number of pyridine rings is 1. The Morgan fingerprint density at radius 1 is 1.13 bits per heavy atom. The highest BCUT2D eigenvalue weighted by Crippen LogP contribution is 2.42. The molecule has 0 aliphatic carbocycles. The van der Waals surface area contributed by atoms with Gasteiger partial charge < -0.3 is 4.89 Å². The second-order valence-electron chi connectivity index (χ2n) is 2.33. The van der Waals surface area contributed by atoms with Gasteiger partial charge in [0, 0.05) is 12.4 Å². The average molecular weight is 233 g/mol. The first-order valence-corrected chi connectivity index (χ1v) is 6.08. The highest BCUT2D eigenvalue weighted by molar-refractivity contribution is 7.47. The fourth-order valence-corrected chi connectivity index (χ4v) is 1.40. The molecule has 0 bridgehead atoms. The van der Waals surface area contributed by atoms with Crippen LogP contribution in [0.2, 0.25) is 0 Å². The Kier molecular flexibility index (Phi) is 8.14. The number of hydrogen-bond acceptors (Lipinski definition) is 4. The summed E-state index contributed by atoms with van der Waals surface area (Å²) in [6.07, 6.45) is 3.50. The van der Waals surface area contributed by atoms with Crippen molar-refractivity contribution in [3.8, 4) is 0 Å². The van der Waals surface area contributed by atoms with Crippen LogP contribution in [-0.2, 0) is 13.6 Å². The molecule has 0 spiro atoms. The van der Waals surface area contributed by atoms with Crippen molar-refractivity contribution in [1.82, 2.24) is 4.98 Å². The van der Waals surface area contributed by atoms with Crippen LogP contribution in [-0.4, -0.2) is 23.1 Å². The molecule has 1 heterocycles. The van der Waals surface area contributed by atoms with Gasteiger partial charge in [-0.1, -0.05) is 6.07 Å². The summed E-state index contributed by atoms with van der Waals surface area (Å²) in [6, 6.07) is 5.72. The van der Waals surface area contributed by atoms with Crippen molar-refractivity contribution in [2.75, 3.05) is 13.2 Å². The minimum Gasteiger partial charge on any atom is -0.302 e. The Morgan fingerprint density at radius 2 is 1.60 bits per heavy atom. The molecule has 0 aliphatic rings. The first kappa shape index (κ1) is 14.3. The lowest BCUT2D eigenvalue weighted by molar-refractivity contribution is 0.161. The molecule has 1 rings (SSSR count). The molecule has 1 N–H and O–H groups in total. The predicted octanol–water partition coefficient (Wildman–Crippen LogP) is 2.24. The van der Waals surface area contributed by atoms with E-state index in [0.717, 1.165) is 0 Å². The van der Waals surface area contributed by atoms with Crippen molar-refractivity contribution < 1.29 is 18.5 Å². The third kappa shape index (κ3) is 9.56. The molecule has 15 heavy (non-hydrogen) atoms. The van der Waals surface area contributed by atoms with Crippen LogP contribution >= 0.6 is 7.82 Å². The Morgan fingerprint density at radius 3 is 1.80 bits per heavy atom. The Hall–Kier alpha value is -0.740. The number of hydrogen-bond donors (Lipinski definition) is 1. The molecule has 0 amide bonds. The van der Waals surface area contributed by atoms with Crippen molar-refractivity contribution in [3.05, 3.63) is 30.6 Å². The van der Waals surface area contributed by atoms with Gasteiger partial charge in [-0.05, 0) is 26.0 Å². The minimum atomic E-state index is -3.69. The summed E-state index contributed by atoms with van der Waals surface area (Å²) in [4.78, 5) is 12.4. The standard InChI is InChI=1S/C5H5N.C4H11O4P/c1-2-4-6-5-3-1;1-3-7-9(5,6)8-4-2/h1-5H;3-4H2,1-2H3,(H,5,6). The average Bonchev–Trinajstić information content (AvgIpc) is 2.21. The van der Waals surface area contributed by atoms with E-state index >= 15 is 0 Å². The molecule has 0 unspecified atom stereocenters. The molecule has 0 saturated heterocycles. The smallest absolute Gasteiger partial charge is 0.302 e. The zero-order valence-electron chi connectivity index (χ0n) is 8.87. The second-order valence-corrected chi connectivity index (χ2v) is 3.78. The molecular formula is C9H16NO4P. The molecule has 0 saturated carbocycles. The maximum absolute atomic E-state index is 10.5. The highest BCUT2D eigenvalue weighted by atomic mass is 31.2. The predicted molar refractivity (Wildman–Crippen MR) is 57.3 cm³/mol. The van der Waals surface area contributed by atoms with E-state index in [2.05, 4.69) is 14.0 Å². The summed E-state index contributed by atoms with van der Waals surface area (Å²) >= 11 is 0. The van der Waals surface area contributed by atoms with Gasteiger partial charge in [0.15, 0.2) is 0 Å². The number of phosphoric acid groups is 1. The van der Waals surface area contributed by atoms with Gasteiger partial charge in [-0.2, -0.15) is 0 Å². The van der Waals surface area contributed by atoms with Gasteiger partial charge in [0.25, 0.3) is 0 Å². The maximum Gasteiger partial charge on any atom is 0.472 e. The van der Waals surface area contributed by atoms with Gasteiger partial charge in [0.05, 0.1) is 13.2 Å². The molecule has 1 aromatic rings. The van der Waals surface area contributed by atoms with E-state index in [1.807, 2.05) is 18.2 Å². The summed E-state index contributed by atoms with van der Waals surface area (Å²) in [6.45, 7) is 3.63. The van der Waals surface area contributed by atoms with Gasteiger partial charge in [0.1, 0.15) is 0 Å². The second kappa shape index (κ2) is 8.56. The number of rotatable bonds is 4. The van der Waals surface area contributed by atoms with Crippen molar-refractivity contribution in [2.45, 2.75) is 13.8 Å². The zero-order chi connectivity index (χ0) is 11.6. The van der Waals surface area contributed by atoms with Gasteiger partial charge in [-0.3, -0.25) is 14.0 Å². The topological polar surface area (TPSA) is 68.7 Å². The normalized spacial score (nSPS) is 10.3. The van der Waals surface area contributed by atoms with Crippen molar-refractivity contribution >= 4 is 7.82 Å². The lowest BCUT2D eigenvalue weighted by Crippen LogP contribution is -1.93. The van der Waals surface area contributed by atoms with E-state index in [1.165, 1.54) is 0 Å². The fourth-order valence-electron chi connectivity index (χ4n) is 0.676. The number of nitrogens with zero attached hydrogens (tertiary/aromatic N) is 1. The van der Waals surface area contributed by atoms with Crippen LogP contribution in [0.3, 0.4) is 0 Å². The van der Waals surface area contributed by atoms with Gasteiger partial charge in [0.2, 0.25) is 0 Å². The molecule has 5 nitrogen and oxygen atoms in total. The van der Waals surface area contributed by atoms with Gasteiger partial charge >= 0.3 is 7.82 Å². The third-order valence-corrected chi connectivity index (χ3v) is 2.32. The maximum atomic E-state index is 10.5. The van der Waals surface area contributed by atoms with E-state index in [0.29, 0.717) is 0 Å². The highest BCUT2D eigenvalue weighted by Gasteiger charge is 2.17. The first-order valence-electron chi connectivity index (χ1n) is 4.59. The summed E-state index contributed by atoms with van der Waals surface area (Å²) in [5.74, 6) is 0. The quantitative estimate of drug-likeness (QED) is 0.807. The van der Waals surface area contributed by atoms with Crippen molar-refractivity contribution in [1.29, 1.82) is 0 Å². The Balaban J connectivity index is 0.000000280. The summed E-state index contributed by atoms with van der Waals surface area (Å²) in [7, 11) is -3.69. The first-order chi connectivity index (χ1) is 7.12. The van der Waals surface area contributed by atoms with Crippen LogP contribution in [0.25, 0.3) is 0 Å². The lowest BCUT2D eigenvalue weighted by Gasteiger charge is -2.07.